The molecule has 1 aliphatic rings. The second-order valence-electron chi connectivity index (χ2n) is 5.62. The predicted molar refractivity (Wildman–Crippen MR) is 83.7 cm³/mol. The number of benzene rings is 1. The molecule has 3 nitrogen and oxygen atoms in total. The fourth-order valence-electron chi connectivity index (χ4n) is 2.98. The Labute approximate surface area is 122 Å². The minimum atomic E-state index is 0.204. The number of hydrogen-bond acceptors (Lipinski definition) is 2. The summed E-state index contributed by atoms with van der Waals surface area (Å²) in [4.78, 5) is 14.8. The number of carbonyl (C=O) groups excluding carboxylic acids is 1. The van der Waals surface area contributed by atoms with Gasteiger partial charge in [-0.05, 0) is 24.5 Å². The van der Waals surface area contributed by atoms with Gasteiger partial charge in [-0.15, -0.1) is 0 Å². The number of anilines is 1. The van der Waals surface area contributed by atoms with Gasteiger partial charge in [0.25, 0.3) is 0 Å². The van der Waals surface area contributed by atoms with Crippen LogP contribution in [0.2, 0.25) is 0 Å². The van der Waals surface area contributed by atoms with Gasteiger partial charge in [0.05, 0.1) is 0 Å². The second kappa shape index (κ2) is 7.32. The van der Waals surface area contributed by atoms with E-state index in [0.29, 0.717) is 5.91 Å². The smallest absolute Gasteiger partial charge is 0.226 e. The third-order valence-electron chi connectivity index (χ3n) is 4.01. The molecule has 0 unspecified atom stereocenters. The molecule has 0 aromatic heterocycles. The van der Waals surface area contributed by atoms with Crippen molar-refractivity contribution in [3.8, 4) is 0 Å². The summed E-state index contributed by atoms with van der Waals surface area (Å²) < 4.78 is 0. The quantitative estimate of drug-likeness (QED) is 0.888. The van der Waals surface area contributed by atoms with E-state index < -0.39 is 0 Å². The number of nitrogens with zero attached hydrogens (tertiary/aromatic N) is 1. The van der Waals surface area contributed by atoms with Gasteiger partial charge in [0.1, 0.15) is 0 Å². The molecule has 2 rings (SSSR count). The Kier molecular flexibility index (Phi) is 5.45. The highest BCUT2D eigenvalue weighted by Gasteiger charge is 2.24. The van der Waals surface area contributed by atoms with E-state index in [9.17, 15) is 4.79 Å². The molecule has 110 valence electrons. The van der Waals surface area contributed by atoms with Crippen LogP contribution in [0, 0.1) is 5.92 Å². The van der Waals surface area contributed by atoms with Crippen LogP contribution in [-0.2, 0) is 11.3 Å². The molecule has 20 heavy (non-hydrogen) atoms. The molecule has 1 aromatic rings. The standard InChI is InChI=1S/C17H26N2O/c1-3-7-14(8-4-2)17(20)19-12-11-18-16-10-6-5-9-15(16)13-19/h5-6,9-10,14,18H,3-4,7-8,11-13H2,1-2H3. The zero-order valence-electron chi connectivity index (χ0n) is 12.7. The van der Waals surface area contributed by atoms with Crippen molar-refractivity contribution in [3.05, 3.63) is 29.8 Å². The molecule has 1 amide bonds. The summed E-state index contributed by atoms with van der Waals surface area (Å²) in [5, 5.41) is 3.42. The summed E-state index contributed by atoms with van der Waals surface area (Å²) in [5.41, 5.74) is 2.40. The molecule has 1 aromatic carbocycles. The van der Waals surface area contributed by atoms with Crippen molar-refractivity contribution >= 4 is 11.6 Å². The Morgan fingerprint density at radius 2 is 1.95 bits per heavy atom. The summed E-state index contributed by atoms with van der Waals surface area (Å²) in [6.45, 7) is 6.71. The van der Waals surface area contributed by atoms with Gasteiger partial charge < -0.3 is 10.2 Å². The van der Waals surface area contributed by atoms with Gasteiger partial charge in [-0.1, -0.05) is 44.9 Å². The molecule has 1 heterocycles. The van der Waals surface area contributed by atoms with E-state index in [4.69, 9.17) is 0 Å². The number of hydrogen-bond donors (Lipinski definition) is 1. The summed E-state index contributed by atoms with van der Waals surface area (Å²) >= 11 is 0. The van der Waals surface area contributed by atoms with E-state index >= 15 is 0 Å². The van der Waals surface area contributed by atoms with E-state index in [1.165, 1.54) is 11.3 Å². The summed E-state index contributed by atoms with van der Waals surface area (Å²) in [6, 6.07) is 8.30. The highest BCUT2D eigenvalue weighted by Crippen LogP contribution is 2.23. The van der Waals surface area contributed by atoms with Crippen molar-refractivity contribution in [1.29, 1.82) is 0 Å². The highest BCUT2D eigenvalue weighted by molar-refractivity contribution is 5.79. The zero-order valence-corrected chi connectivity index (χ0v) is 12.7. The number of rotatable bonds is 5. The zero-order chi connectivity index (χ0) is 14.4. The maximum Gasteiger partial charge on any atom is 0.226 e. The maximum atomic E-state index is 12.7. The third kappa shape index (κ3) is 3.53. The molecular formula is C17H26N2O. The third-order valence-corrected chi connectivity index (χ3v) is 4.01. The minimum Gasteiger partial charge on any atom is -0.383 e. The topological polar surface area (TPSA) is 32.3 Å². The molecule has 0 bridgehead atoms. The van der Waals surface area contributed by atoms with E-state index in [0.717, 1.165) is 45.3 Å². The van der Waals surface area contributed by atoms with E-state index in [1.54, 1.807) is 0 Å². The average molecular weight is 274 g/mol. The van der Waals surface area contributed by atoms with Crippen LogP contribution in [0.1, 0.15) is 45.1 Å². The van der Waals surface area contributed by atoms with Crippen molar-refractivity contribution in [3.63, 3.8) is 0 Å². The first kappa shape index (κ1) is 14.9. The lowest BCUT2D eigenvalue weighted by Crippen LogP contribution is -2.37. The van der Waals surface area contributed by atoms with Crippen LogP contribution in [0.25, 0.3) is 0 Å². The first-order valence-electron chi connectivity index (χ1n) is 7.86. The van der Waals surface area contributed by atoms with Crippen LogP contribution < -0.4 is 5.32 Å². The second-order valence-corrected chi connectivity index (χ2v) is 5.62. The summed E-state index contributed by atoms with van der Waals surface area (Å²) in [5.74, 6) is 0.544. The molecule has 0 saturated carbocycles. The largest absolute Gasteiger partial charge is 0.383 e. The van der Waals surface area contributed by atoms with E-state index in [1.807, 2.05) is 17.0 Å². The van der Waals surface area contributed by atoms with Crippen LogP contribution in [0.4, 0.5) is 5.69 Å². The molecule has 0 radical (unpaired) electrons. The lowest BCUT2D eigenvalue weighted by molar-refractivity contribution is -0.136. The Bertz CT molecular complexity index is 438. The van der Waals surface area contributed by atoms with Crippen molar-refractivity contribution in [2.75, 3.05) is 18.4 Å². The number of para-hydroxylation sites is 1. The van der Waals surface area contributed by atoms with Gasteiger partial charge in [-0.25, -0.2) is 0 Å². The number of fused-ring (bicyclic) bond motifs is 1. The van der Waals surface area contributed by atoms with Gasteiger partial charge in [0.2, 0.25) is 5.91 Å². The van der Waals surface area contributed by atoms with E-state index in [2.05, 4.69) is 31.3 Å². The van der Waals surface area contributed by atoms with Crippen molar-refractivity contribution < 1.29 is 4.79 Å². The first-order chi connectivity index (χ1) is 9.76. The predicted octanol–water partition coefficient (Wildman–Crippen LogP) is 3.66. The van der Waals surface area contributed by atoms with Gasteiger partial charge in [-0.2, -0.15) is 0 Å². The van der Waals surface area contributed by atoms with Crippen LogP contribution in [-0.4, -0.2) is 23.9 Å². The van der Waals surface area contributed by atoms with Crippen LogP contribution in [0.3, 0.4) is 0 Å². The number of nitrogens with one attached hydrogen (secondary N) is 1. The molecule has 0 atom stereocenters. The van der Waals surface area contributed by atoms with Crippen molar-refractivity contribution in [2.45, 2.75) is 46.1 Å². The molecule has 3 heteroatoms. The van der Waals surface area contributed by atoms with Crippen molar-refractivity contribution in [1.82, 2.24) is 4.90 Å². The highest BCUT2D eigenvalue weighted by atomic mass is 16.2. The average Bonchev–Trinajstić information content (AvgIpc) is 2.68. The van der Waals surface area contributed by atoms with Crippen LogP contribution in [0.5, 0.6) is 0 Å². The fourth-order valence-corrected chi connectivity index (χ4v) is 2.98. The number of amides is 1. The molecule has 0 aliphatic carbocycles. The maximum absolute atomic E-state index is 12.7. The molecule has 0 saturated heterocycles. The molecular weight excluding hydrogens is 248 g/mol. The number of carbonyl (C=O) groups is 1. The Balaban J connectivity index is 2.10. The SMILES string of the molecule is CCCC(CCC)C(=O)N1CCNc2ccccc2C1. The monoisotopic (exact) mass is 274 g/mol. The normalized spacial score (nSPS) is 14.7. The fraction of sp³-hybridized carbons (Fsp3) is 0.588. The molecule has 1 N–H and O–H groups in total. The van der Waals surface area contributed by atoms with Gasteiger partial charge in [-0.3, -0.25) is 4.79 Å². The van der Waals surface area contributed by atoms with Crippen molar-refractivity contribution in [2.24, 2.45) is 5.92 Å². The van der Waals surface area contributed by atoms with Crippen LogP contribution in [0.15, 0.2) is 24.3 Å². The van der Waals surface area contributed by atoms with Gasteiger partial charge in [0, 0.05) is 31.2 Å². The van der Waals surface area contributed by atoms with Crippen LogP contribution >= 0.6 is 0 Å². The summed E-state index contributed by atoms with van der Waals surface area (Å²) in [7, 11) is 0. The minimum absolute atomic E-state index is 0.204. The van der Waals surface area contributed by atoms with E-state index in [-0.39, 0.29) is 5.92 Å². The molecule has 0 spiro atoms. The molecule has 1 aliphatic heterocycles. The Morgan fingerprint density at radius 3 is 2.65 bits per heavy atom. The summed E-state index contributed by atoms with van der Waals surface area (Å²) in [6.07, 6.45) is 4.19. The van der Waals surface area contributed by atoms with Gasteiger partial charge in [0.15, 0.2) is 0 Å². The molecule has 0 fully saturated rings. The first-order valence-corrected chi connectivity index (χ1v) is 7.86. The Hall–Kier alpha value is -1.51. The lowest BCUT2D eigenvalue weighted by atomic mass is 9.96. The Morgan fingerprint density at radius 1 is 1.25 bits per heavy atom. The van der Waals surface area contributed by atoms with Gasteiger partial charge >= 0.3 is 0 Å². The lowest BCUT2D eigenvalue weighted by Gasteiger charge is -2.26.